The van der Waals surface area contributed by atoms with Gasteiger partial charge in [-0.2, -0.15) is 0 Å². The highest BCUT2D eigenvalue weighted by Gasteiger charge is 2.25. The van der Waals surface area contributed by atoms with Crippen LogP contribution in [-0.4, -0.2) is 18.4 Å². The van der Waals surface area contributed by atoms with E-state index < -0.39 is 0 Å². The van der Waals surface area contributed by atoms with Gasteiger partial charge in [0.2, 0.25) is 11.8 Å². The Morgan fingerprint density at radius 1 is 1.19 bits per heavy atom. The summed E-state index contributed by atoms with van der Waals surface area (Å²) in [4.78, 5) is 25.6. The molecule has 0 spiro atoms. The van der Waals surface area contributed by atoms with Gasteiger partial charge < -0.3 is 14.6 Å². The molecule has 108 valence electrons. The molecule has 0 aliphatic carbocycles. The maximum absolute atomic E-state index is 12.1. The summed E-state index contributed by atoms with van der Waals surface area (Å²) in [6.07, 6.45) is 2.74. The molecule has 0 saturated carbocycles. The molecule has 5 nitrogen and oxygen atoms in total. The van der Waals surface area contributed by atoms with Crippen LogP contribution in [0.25, 0.3) is 0 Å². The van der Waals surface area contributed by atoms with Crippen molar-refractivity contribution < 1.29 is 14.0 Å². The monoisotopic (exact) mass is 284 g/mol. The minimum absolute atomic E-state index is 0.0122. The molecule has 1 N–H and O–H groups in total. The van der Waals surface area contributed by atoms with Crippen LogP contribution in [-0.2, 0) is 22.6 Å². The van der Waals surface area contributed by atoms with E-state index in [1.54, 1.807) is 23.3 Å². The Hall–Kier alpha value is -2.56. The fraction of sp³-hybridized carbons (Fsp3) is 0.250. The van der Waals surface area contributed by atoms with E-state index >= 15 is 0 Å². The van der Waals surface area contributed by atoms with Gasteiger partial charge in [-0.15, -0.1) is 0 Å². The first-order chi connectivity index (χ1) is 10.2. The van der Waals surface area contributed by atoms with Crippen molar-refractivity contribution in [3.05, 3.63) is 54.0 Å². The van der Waals surface area contributed by atoms with Gasteiger partial charge in [-0.3, -0.25) is 9.59 Å². The Morgan fingerprint density at radius 3 is 2.86 bits per heavy atom. The molecule has 2 heterocycles. The molecule has 0 atom stereocenters. The second kappa shape index (κ2) is 5.83. The topological polar surface area (TPSA) is 62.6 Å². The van der Waals surface area contributed by atoms with Gasteiger partial charge >= 0.3 is 0 Å². The van der Waals surface area contributed by atoms with Crippen molar-refractivity contribution in [1.82, 2.24) is 5.32 Å². The highest BCUT2D eigenvalue weighted by Crippen LogP contribution is 2.26. The molecule has 3 rings (SSSR count). The molecule has 0 saturated heterocycles. The van der Waals surface area contributed by atoms with Crippen molar-refractivity contribution in [2.24, 2.45) is 0 Å². The normalized spacial score (nSPS) is 13.9. The van der Waals surface area contributed by atoms with Crippen LogP contribution in [0.5, 0.6) is 0 Å². The number of fused-ring (bicyclic) bond motifs is 1. The number of furan rings is 1. The van der Waals surface area contributed by atoms with E-state index in [0.717, 1.165) is 17.7 Å². The minimum Gasteiger partial charge on any atom is -0.467 e. The van der Waals surface area contributed by atoms with Crippen molar-refractivity contribution in [2.45, 2.75) is 19.4 Å². The van der Waals surface area contributed by atoms with E-state index in [-0.39, 0.29) is 18.4 Å². The smallest absolute Gasteiger partial charge is 0.240 e. The Labute approximate surface area is 122 Å². The van der Waals surface area contributed by atoms with E-state index in [2.05, 4.69) is 5.32 Å². The number of aryl methyl sites for hydroxylation is 1. The quantitative estimate of drug-likeness (QED) is 0.932. The first-order valence-electron chi connectivity index (χ1n) is 6.91. The summed E-state index contributed by atoms with van der Waals surface area (Å²) < 4.78 is 5.16. The van der Waals surface area contributed by atoms with Crippen molar-refractivity contribution in [2.75, 3.05) is 11.4 Å². The van der Waals surface area contributed by atoms with Gasteiger partial charge in [-0.1, -0.05) is 18.2 Å². The molecule has 5 heteroatoms. The summed E-state index contributed by atoms with van der Waals surface area (Å²) in [6, 6.07) is 11.3. The Morgan fingerprint density at radius 2 is 2.05 bits per heavy atom. The van der Waals surface area contributed by atoms with Gasteiger partial charge in [-0.25, -0.2) is 0 Å². The molecule has 1 aromatic carbocycles. The molecular formula is C16H16N2O3. The molecule has 2 aromatic rings. The van der Waals surface area contributed by atoms with Gasteiger partial charge in [-0.05, 0) is 30.2 Å². The maximum Gasteiger partial charge on any atom is 0.240 e. The SMILES string of the molecule is O=C(CN1C(=O)CCc2ccccc21)NCc1ccco1. The number of hydrogen-bond acceptors (Lipinski definition) is 3. The predicted molar refractivity (Wildman–Crippen MR) is 77.7 cm³/mol. The largest absolute Gasteiger partial charge is 0.467 e. The van der Waals surface area contributed by atoms with Crippen molar-refractivity contribution in [1.29, 1.82) is 0 Å². The van der Waals surface area contributed by atoms with Crippen molar-refractivity contribution >= 4 is 17.5 Å². The van der Waals surface area contributed by atoms with Crippen LogP contribution >= 0.6 is 0 Å². The third-order valence-electron chi connectivity index (χ3n) is 3.53. The molecule has 1 aromatic heterocycles. The summed E-state index contributed by atoms with van der Waals surface area (Å²) in [5.41, 5.74) is 1.94. The number of carbonyl (C=O) groups excluding carboxylic acids is 2. The Kier molecular flexibility index (Phi) is 3.73. The van der Waals surface area contributed by atoms with E-state index in [1.165, 1.54) is 0 Å². The summed E-state index contributed by atoms with van der Waals surface area (Å²) in [5, 5.41) is 2.76. The predicted octanol–water partition coefficient (Wildman–Crippen LogP) is 1.88. The van der Waals surface area contributed by atoms with Gasteiger partial charge in [0, 0.05) is 12.1 Å². The molecule has 0 bridgehead atoms. The number of amides is 2. The molecule has 21 heavy (non-hydrogen) atoms. The zero-order valence-electron chi connectivity index (χ0n) is 11.5. The average molecular weight is 284 g/mol. The number of nitrogens with one attached hydrogen (secondary N) is 1. The number of hydrogen-bond donors (Lipinski definition) is 1. The van der Waals surface area contributed by atoms with Crippen LogP contribution in [0.3, 0.4) is 0 Å². The number of benzene rings is 1. The zero-order valence-corrected chi connectivity index (χ0v) is 11.5. The summed E-state index contributed by atoms with van der Waals surface area (Å²) in [7, 11) is 0. The van der Waals surface area contributed by atoms with E-state index in [1.807, 2.05) is 24.3 Å². The van der Waals surface area contributed by atoms with Crippen molar-refractivity contribution in [3.8, 4) is 0 Å². The van der Waals surface area contributed by atoms with Gasteiger partial charge in [0.05, 0.1) is 12.8 Å². The summed E-state index contributed by atoms with van der Waals surface area (Å²) in [6.45, 7) is 0.367. The molecular weight excluding hydrogens is 268 g/mol. The fourth-order valence-corrected chi connectivity index (χ4v) is 2.47. The number of carbonyl (C=O) groups is 2. The first-order valence-corrected chi connectivity index (χ1v) is 6.91. The second-order valence-electron chi connectivity index (χ2n) is 4.96. The second-order valence-corrected chi connectivity index (χ2v) is 4.96. The first kappa shape index (κ1) is 13.4. The molecule has 2 amide bonds. The van der Waals surface area contributed by atoms with Crippen molar-refractivity contribution in [3.63, 3.8) is 0 Å². The van der Waals surface area contributed by atoms with Gasteiger partial charge in [0.25, 0.3) is 0 Å². The van der Waals surface area contributed by atoms with E-state index in [0.29, 0.717) is 18.7 Å². The Bertz CT molecular complexity index is 649. The van der Waals surface area contributed by atoms with Crippen LogP contribution < -0.4 is 10.2 Å². The van der Waals surface area contributed by atoms with Crippen LogP contribution in [0.2, 0.25) is 0 Å². The van der Waals surface area contributed by atoms with Crippen LogP contribution in [0, 0.1) is 0 Å². The zero-order chi connectivity index (χ0) is 14.7. The average Bonchev–Trinajstić information content (AvgIpc) is 3.01. The fourth-order valence-electron chi connectivity index (χ4n) is 2.47. The van der Waals surface area contributed by atoms with E-state index in [4.69, 9.17) is 4.42 Å². The van der Waals surface area contributed by atoms with Crippen LogP contribution in [0.4, 0.5) is 5.69 Å². The third-order valence-corrected chi connectivity index (χ3v) is 3.53. The lowest BCUT2D eigenvalue weighted by atomic mass is 10.0. The molecule has 0 unspecified atom stereocenters. The number of para-hydroxylation sites is 1. The Balaban J connectivity index is 1.66. The summed E-state index contributed by atoms with van der Waals surface area (Å²) >= 11 is 0. The van der Waals surface area contributed by atoms with Gasteiger partial charge in [0.1, 0.15) is 12.3 Å². The van der Waals surface area contributed by atoms with Gasteiger partial charge in [0.15, 0.2) is 0 Å². The lowest BCUT2D eigenvalue weighted by Gasteiger charge is -2.28. The summed E-state index contributed by atoms with van der Waals surface area (Å²) in [5.74, 6) is 0.479. The number of nitrogens with zero attached hydrogens (tertiary/aromatic N) is 1. The van der Waals surface area contributed by atoms with E-state index in [9.17, 15) is 9.59 Å². The highest BCUT2D eigenvalue weighted by molar-refractivity contribution is 6.00. The third kappa shape index (κ3) is 2.97. The maximum atomic E-state index is 12.1. The lowest BCUT2D eigenvalue weighted by Crippen LogP contribution is -2.42. The molecule has 1 aliphatic heterocycles. The molecule has 0 radical (unpaired) electrons. The molecule has 1 aliphatic rings. The standard InChI is InChI=1S/C16H16N2O3/c19-15(17-10-13-5-3-9-21-13)11-18-14-6-2-1-4-12(14)7-8-16(18)20/h1-6,9H,7-8,10-11H2,(H,17,19). The lowest BCUT2D eigenvalue weighted by molar-refractivity contribution is -0.124. The minimum atomic E-state index is -0.198. The number of rotatable bonds is 4. The highest BCUT2D eigenvalue weighted by atomic mass is 16.3. The van der Waals surface area contributed by atoms with Crippen LogP contribution in [0.1, 0.15) is 17.7 Å². The molecule has 0 fully saturated rings. The van der Waals surface area contributed by atoms with Crippen LogP contribution in [0.15, 0.2) is 47.1 Å². The number of anilines is 1.